The fourth-order valence-electron chi connectivity index (χ4n) is 2.50. The molecule has 8 heteroatoms. The van der Waals surface area contributed by atoms with Crippen molar-refractivity contribution < 1.29 is 4.92 Å². The highest BCUT2D eigenvalue weighted by atomic mass is 16.6. The molecule has 2 heterocycles. The molecule has 0 aromatic carbocycles. The third-order valence-electron chi connectivity index (χ3n) is 3.68. The van der Waals surface area contributed by atoms with Crippen LogP contribution in [0.1, 0.15) is 19.5 Å². The molecule has 8 nitrogen and oxygen atoms in total. The van der Waals surface area contributed by atoms with Crippen LogP contribution in [0, 0.1) is 17.0 Å². The predicted molar refractivity (Wildman–Crippen MR) is 81.9 cm³/mol. The quantitative estimate of drug-likeness (QED) is 0.646. The Morgan fingerprint density at radius 1 is 1.24 bits per heavy atom. The first-order chi connectivity index (χ1) is 10.1. The summed E-state index contributed by atoms with van der Waals surface area (Å²) < 4.78 is 0. The zero-order valence-electron chi connectivity index (χ0n) is 12.8. The lowest BCUT2D eigenvalue weighted by Crippen LogP contribution is -2.46. The van der Waals surface area contributed by atoms with Crippen molar-refractivity contribution in [1.82, 2.24) is 14.9 Å². The number of nitrogens with zero attached hydrogens (tertiary/aromatic N) is 5. The minimum absolute atomic E-state index is 0.0154. The lowest BCUT2D eigenvalue weighted by molar-refractivity contribution is -0.385. The van der Waals surface area contributed by atoms with Crippen molar-refractivity contribution in [3.8, 4) is 0 Å². The Morgan fingerprint density at radius 3 is 2.43 bits per heavy atom. The van der Waals surface area contributed by atoms with Gasteiger partial charge in [-0.1, -0.05) is 6.92 Å². The van der Waals surface area contributed by atoms with E-state index >= 15 is 0 Å². The second kappa shape index (κ2) is 6.66. The van der Waals surface area contributed by atoms with Gasteiger partial charge in [0.2, 0.25) is 11.8 Å². The highest BCUT2D eigenvalue weighted by Gasteiger charge is 2.28. The van der Waals surface area contributed by atoms with Gasteiger partial charge in [0, 0.05) is 32.7 Å². The fourth-order valence-corrected chi connectivity index (χ4v) is 2.50. The first-order valence-corrected chi connectivity index (χ1v) is 7.31. The van der Waals surface area contributed by atoms with Gasteiger partial charge in [-0.05, 0) is 20.4 Å². The van der Waals surface area contributed by atoms with Crippen LogP contribution < -0.4 is 10.2 Å². The maximum atomic E-state index is 11.3. The Labute approximate surface area is 124 Å². The number of piperazine rings is 1. The second-order valence-corrected chi connectivity index (χ2v) is 5.01. The van der Waals surface area contributed by atoms with Crippen LogP contribution in [0.2, 0.25) is 0 Å². The predicted octanol–water partition coefficient (Wildman–Crippen LogP) is 1.27. The van der Waals surface area contributed by atoms with Gasteiger partial charge in [0.15, 0.2) is 0 Å². The second-order valence-electron chi connectivity index (χ2n) is 5.01. The maximum Gasteiger partial charge on any atom is 0.332 e. The summed E-state index contributed by atoms with van der Waals surface area (Å²) in [7, 11) is 0. The highest BCUT2D eigenvalue weighted by Crippen LogP contribution is 2.30. The summed E-state index contributed by atoms with van der Waals surface area (Å²) in [5, 5.41) is 14.4. The van der Waals surface area contributed by atoms with Crippen LogP contribution in [0.25, 0.3) is 0 Å². The molecular formula is C13H22N6O2. The van der Waals surface area contributed by atoms with E-state index in [4.69, 9.17) is 0 Å². The van der Waals surface area contributed by atoms with Gasteiger partial charge in [-0.2, -0.15) is 4.98 Å². The van der Waals surface area contributed by atoms with Gasteiger partial charge in [-0.25, -0.2) is 4.98 Å². The molecule has 1 aliphatic rings. The van der Waals surface area contributed by atoms with Crippen LogP contribution in [-0.4, -0.2) is 59.1 Å². The fraction of sp³-hybridized carbons (Fsp3) is 0.692. The summed E-state index contributed by atoms with van der Waals surface area (Å²) in [6.45, 7) is 10.7. The van der Waals surface area contributed by atoms with Gasteiger partial charge in [0.25, 0.3) is 0 Å². The van der Waals surface area contributed by atoms with Crippen LogP contribution in [0.5, 0.6) is 0 Å². The molecular weight excluding hydrogens is 272 g/mol. The standard InChI is InChI=1S/C13H22N6O2/c1-4-14-13-15-10(3)11(19(20)21)12(16-13)18-8-6-17(5-2)7-9-18/h4-9H2,1-3H3,(H,14,15,16). The molecule has 116 valence electrons. The Bertz CT molecular complexity index is 514. The van der Waals surface area contributed by atoms with Gasteiger partial charge in [0.1, 0.15) is 5.69 Å². The number of aromatic nitrogens is 2. The van der Waals surface area contributed by atoms with Crippen LogP contribution in [0.4, 0.5) is 17.5 Å². The van der Waals surface area contributed by atoms with Gasteiger partial charge < -0.3 is 15.1 Å². The Kier molecular flexibility index (Phi) is 4.89. The molecule has 0 bridgehead atoms. The summed E-state index contributed by atoms with van der Waals surface area (Å²) in [6, 6.07) is 0. The molecule has 1 saturated heterocycles. The normalized spacial score (nSPS) is 16.0. The van der Waals surface area contributed by atoms with E-state index in [0.29, 0.717) is 24.0 Å². The molecule has 1 aromatic heterocycles. The van der Waals surface area contributed by atoms with E-state index < -0.39 is 0 Å². The van der Waals surface area contributed by atoms with Crippen LogP contribution in [-0.2, 0) is 0 Å². The number of hydrogen-bond acceptors (Lipinski definition) is 7. The molecule has 2 rings (SSSR count). The molecule has 0 saturated carbocycles. The molecule has 1 aromatic rings. The number of nitro groups is 1. The van der Waals surface area contributed by atoms with Gasteiger partial charge in [-0.3, -0.25) is 10.1 Å². The van der Waals surface area contributed by atoms with E-state index in [1.54, 1.807) is 6.92 Å². The summed E-state index contributed by atoms with van der Waals surface area (Å²) >= 11 is 0. The van der Waals surface area contributed by atoms with Crippen molar-refractivity contribution in [3.05, 3.63) is 15.8 Å². The number of rotatable bonds is 5. The SMILES string of the molecule is CCNc1nc(C)c([N+](=O)[O-])c(N2CCN(CC)CC2)n1. The van der Waals surface area contributed by atoms with E-state index in [1.807, 2.05) is 11.8 Å². The molecule has 0 spiro atoms. The number of nitrogens with one attached hydrogen (secondary N) is 1. The van der Waals surface area contributed by atoms with Crippen molar-refractivity contribution >= 4 is 17.5 Å². The van der Waals surface area contributed by atoms with E-state index in [2.05, 4.69) is 27.1 Å². The lowest BCUT2D eigenvalue weighted by Gasteiger charge is -2.34. The number of aryl methyl sites for hydroxylation is 1. The summed E-state index contributed by atoms with van der Waals surface area (Å²) in [6.07, 6.45) is 0. The molecule has 1 fully saturated rings. The van der Waals surface area contributed by atoms with Crippen LogP contribution in [0.15, 0.2) is 0 Å². The third kappa shape index (κ3) is 3.38. The molecule has 0 amide bonds. The van der Waals surface area contributed by atoms with E-state index in [1.165, 1.54) is 0 Å². The average Bonchev–Trinajstić information content (AvgIpc) is 2.46. The summed E-state index contributed by atoms with van der Waals surface area (Å²) in [5.41, 5.74) is 0.417. The molecule has 21 heavy (non-hydrogen) atoms. The first-order valence-electron chi connectivity index (χ1n) is 7.31. The van der Waals surface area contributed by atoms with Gasteiger partial charge >= 0.3 is 5.69 Å². The Morgan fingerprint density at radius 2 is 1.90 bits per heavy atom. The summed E-state index contributed by atoms with van der Waals surface area (Å²) in [5.74, 6) is 0.882. The minimum atomic E-state index is -0.382. The van der Waals surface area contributed by atoms with E-state index in [-0.39, 0.29) is 10.6 Å². The van der Waals surface area contributed by atoms with Crippen molar-refractivity contribution in [1.29, 1.82) is 0 Å². The summed E-state index contributed by atoms with van der Waals surface area (Å²) in [4.78, 5) is 23.8. The topological polar surface area (TPSA) is 87.4 Å². The van der Waals surface area contributed by atoms with Crippen LogP contribution in [0.3, 0.4) is 0 Å². The third-order valence-corrected chi connectivity index (χ3v) is 3.68. The van der Waals surface area contributed by atoms with Crippen molar-refractivity contribution in [2.24, 2.45) is 0 Å². The molecule has 0 unspecified atom stereocenters. The van der Waals surface area contributed by atoms with Crippen molar-refractivity contribution in [3.63, 3.8) is 0 Å². The van der Waals surface area contributed by atoms with Crippen LogP contribution >= 0.6 is 0 Å². The van der Waals surface area contributed by atoms with Crippen molar-refractivity contribution in [2.45, 2.75) is 20.8 Å². The average molecular weight is 294 g/mol. The Balaban J connectivity index is 2.33. The first kappa shape index (κ1) is 15.4. The number of likely N-dealkylation sites (N-methyl/N-ethyl adjacent to an activating group) is 1. The number of anilines is 2. The molecule has 0 atom stereocenters. The zero-order chi connectivity index (χ0) is 15.4. The monoisotopic (exact) mass is 294 g/mol. The number of hydrogen-bond donors (Lipinski definition) is 1. The molecule has 1 N–H and O–H groups in total. The largest absolute Gasteiger partial charge is 0.354 e. The molecule has 1 aliphatic heterocycles. The molecule has 0 aliphatic carbocycles. The minimum Gasteiger partial charge on any atom is -0.354 e. The zero-order valence-corrected chi connectivity index (χ0v) is 12.8. The van der Waals surface area contributed by atoms with Crippen molar-refractivity contribution in [2.75, 3.05) is 49.5 Å². The Hall–Kier alpha value is -1.96. The maximum absolute atomic E-state index is 11.3. The lowest BCUT2D eigenvalue weighted by atomic mass is 10.2. The highest BCUT2D eigenvalue weighted by molar-refractivity contribution is 5.62. The van der Waals surface area contributed by atoms with E-state index in [0.717, 1.165) is 32.7 Å². The van der Waals surface area contributed by atoms with Gasteiger partial charge in [0.05, 0.1) is 4.92 Å². The van der Waals surface area contributed by atoms with E-state index in [9.17, 15) is 10.1 Å². The molecule has 0 radical (unpaired) electrons. The smallest absolute Gasteiger partial charge is 0.332 e. The van der Waals surface area contributed by atoms with Gasteiger partial charge in [-0.15, -0.1) is 0 Å².